The van der Waals surface area contributed by atoms with E-state index in [0.29, 0.717) is 42.1 Å². The number of nitrogens with one attached hydrogen (secondary N) is 1. The highest BCUT2D eigenvalue weighted by atomic mass is 79.9. The summed E-state index contributed by atoms with van der Waals surface area (Å²) in [4.78, 5) is 12.3. The average molecular weight is 425 g/mol. The van der Waals surface area contributed by atoms with Crippen molar-refractivity contribution in [3.05, 3.63) is 35.1 Å². The SMILES string of the molecule is C=CCn1c(C)nnc1SCC(=O)Nc1cc2c(cc1Br)OCCO2. The lowest BCUT2D eigenvalue weighted by molar-refractivity contribution is -0.113. The molecule has 1 N–H and O–H groups in total. The molecule has 25 heavy (non-hydrogen) atoms. The second-order valence-corrected chi connectivity index (χ2v) is 7.04. The van der Waals surface area contributed by atoms with Crippen molar-refractivity contribution >= 4 is 39.3 Å². The molecule has 132 valence electrons. The molecule has 1 amide bonds. The Morgan fingerprint density at radius 2 is 2.12 bits per heavy atom. The highest BCUT2D eigenvalue weighted by Gasteiger charge is 2.17. The van der Waals surface area contributed by atoms with Crippen molar-refractivity contribution < 1.29 is 14.3 Å². The molecule has 7 nitrogen and oxygen atoms in total. The third-order valence-corrected chi connectivity index (χ3v) is 5.07. The summed E-state index contributed by atoms with van der Waals surface area (Å²) in [6.45, 7) is 7.21. The lowest BCUT2D eigenvalue weighted by atomic mass is 10.2. The van der Waals surface area contributed by atoms with E-state index >= 15 is 0 Å². The number of thioether (sulfide) groups is 1. The third-order valence-electron chi connectivity index (χ3n) is 3.45. The van der Waals surface area contributed by atoms with Crippen molar-refractivity contribution in [3.63, 3.8) is 0 Å². The number of nitrogens with zero attached hydrogens (tertiary/aromatic N) is 3. The fourth-order valence-corrected chi connectivity index (χ4v) is 3.50. The molecule has 9 heteroatoms. The van der Waals surface area contributed by atoms with Crippen LogP contribution in [0.5, 0.6) is 11.5 Å². The smallest absolute Gasteiger partial charge is 0.234 e. The zero-order valence-electron chi connectivity index (χ0n) is 13.6. The molecule has 2 aromatic rings. The van der Waals surface area contributed by atoms with Gasteiger partial charge in [0.1, 0.15) is 19.0 Å². The summed E-state index contributed by atoms with van der Waals surface area (Å²) in [5, 5.41) is 11.7. The van der Waals surface area contributed by atoms with E-state index in [9.17, 15) is 4.79 Å². The standard InChI is InChI=1S/C16H17BrN4O3S/c1-3-4-21-10(2)19-20-16(21)25-9-15(22)18-12-8-14-13(7-11(12)17)23-5-6-24-14/h3,7-8H,1,4-6,9H2,2H3,(H,18,22). The average Bonchev–Trinajstić information content (AvgIpc) is 2.94. The van der Waals surface area contributed by atoms with Gasteiger partial charge in [-0.2, -0.15) is 0 Å². The van der Waals surface area contributed by atoms with E-state index in [0.717, 1.165) is 10.3 Å². The molecule has 3 rings (SSSR count). The Hall–Kier alpha value is -2.00. The van der Waals surface area contributed by atoms with Crippen LogP contribution in [-0.4, -0.2) is 39.6 Å². The molecule has 1 aromatic carbocycles. The summed E-state index contributed by atoms with van der Waals surface area (Å²) >= 11 is 4.77. The van der Waals surface area contributed by atoms with Crippen molar-refractivity contribution in [2.75, 3.05) is 24.3 Å². The van der Waals surface area contributed by atoms with E-state index in [-0.39, 0.29) is 11.7 Å². The van der Waals surface area contributed by atoms with Crippen LogP contribution in [0.25, 0.3) is 0 Å². The number of fused-ring (bicyclic) bond motifs is 1. The minimum Gasteiger partial charge on any atom is -0.486 e. The number of ether oxygens (including phenoxy) is 2. The first kappa shape index (κ1) is 17.8. The van der Waals surface area contributed by atoms with Crippen LogP contribution in [0.15, 0.2) is 34.4 Å². The molecule has 0 fully saturated rings. The summed E-state index contributed by atoms with van der Waals surface area (Å²) in [7, 11) is 0. The van der Waals surface area contributed by atoms with Crippen LogP contribution in [0.3, 0.4) is 0 Å². The first-order valence-electron chi connectivity index (χ1n) is 7.61. The van der Waals surface area contributed by atoms with Crippen LogP contribution in [0.2, 0.25) is 0 Å². The van der Waals surface area contributed by atoms with E-state index in [1.165, 1.54) is 11.8 Å². The number of anilines is 1. The number of carbonyl (C=O) groups excluding carboxylic acids is 1. The Bertz CT molecular complexity index is 809. The highest BCUT2D eigenvalue weighted by Crippen LogP contribution is 2.38. The minimum atomic E-state index is -0.145. The Balaban J connectivity index is 1.64. The van der Waals surface area contributed by atoms with Gasteiger partial charge in [0.15, 0.2) is 16.7 Å². The zero-order chi connectivity index (χ0) is 17.8. The van der Waals surface area contributed by atoms with Crippen LogP contribution in [-0.2, 0) is 11.3 Å². The predicted molar refractivity (Wildman–Crippen MR) is 99.4 cm³/mol. The van der Waals surface area contributed by atoms with Crippen LogP contribution in [0.4, 0.5) is 5.69 Å². The predicted octanol–water partition coefficient (Wildman–Crippen LogP) is 3.04. The second-order valence-electron chi connectivity index (χ2n) is 5.24. The molecule has 0 saturated heterocycles. The van der Waals surface area contributed by atoms with E-state index in [4.69, 9.17) is 9.47 Å². The Kier molecular flexibility index (Phi) is 5.64. The van der Waals surface area contributed by atoms with Gasteiger partial charge in [0.25, 0.3) is 0 Å². The number of carbonyl (C=O) groups is 1. The van der Waals surface area contributed by atoms with Gasteiger partial charge < -0.3 is 19.4 Å². The molecule has 0 unspecified atom stereocenters. The number of aryl methyl sites for hydroxylation is 1. The number of rotatable bonds is 6. The van der Waals surface area contributed by atoms with Gasteiger partial charge in [-0.15, -0.1) is 16.8 Å². The van der Waals surface area contributed by atoms with Crippen LogP contribution in [0, 0.1) is 6.92 Å². The fourth-order valence-electron chi connectivity index (χ4n) is 2.28. The number of benzene rings is 1. The maximum atomic E-state index is 12.3. The largest absolute Gasteiger partial charge is 0.486 e. The first-order chi connectivity index (χ1) is 12.1. The van der Waals surface area contributed by atoms with Crippen molar-refractivity contribution in [1.29, 1.82) is 0 Å². The molecule has 0 atom stereocenters. The fraction of sp³-hybridized carbons (Fsp3) is 0.312. The minimum absolute atomic E-state index is 0.145. The van der Waals surface area contributed by atoms with Crippen LogP contribution in [0.1, 0.15) is 5.82 Å². The molecule has 1 aliphatic heterocycles. The monoisotopic (exact) mass is 424 g/mol. The van der Waals surface area contributed by atoms with Crippen molar-refractivity contribution in [3.8, 4) is 11.5 Å². The van der Waals surface area contributed by atoms with E-state index in [1.807, 2.05) is 11.5 Å². The van der Waals surface area contributed by atoms with Gasteiger partial charge in [-0.05, 0) is 22.9 Å². The third kappa shape index (κ3) is 4.16. The van der Waals surface area contributed by atoms with Gasteiger partial charge in [-0.25, -0.2) is 0 Å². The maximum absolute atomic E-state index is 12.3. The lowest BCUT2D eigenvalue weighted by Gasteiger charge is -2.20. The molecule has 1 aliphatic rings. The first-order valence-corrected chi connectivity index (χ1v) is 9.39. The van der Waals surface area contributed by atoms with Gasteiger partial charge in [0, 0.05) is 23.2 Å². The topological polar surface area (TPSA) is 78.3 Å². The summed E-state index contributed by atoms with van der Waals surface area (Å²) in [6.07, 6.45) is 1.77. The number of halogens is 1. The van der Waals surface area contributed by atoms with E-state index < -0.39 is 0 Å². The van der Waals surface area contributed by atoms with Gasteiger partial charge in [-0.1, -0.05) is 17.8 Å². The molecule has 0 spiro atoms. The zero-order valence-corrected chi connectivity index (χ0v) is 16.0. The highest BCUT2D eigenvalue weighted by molar-refractivity contribution is 9.10. The summed E-state index contributed by atoms with van der Waals surface area (Å²) in [6, 6.07) is 3.55. The van der Waals surface area contributed by atoms with Crippen molar-refractivity contribution in [1.82, 2.24) is 14.8 Å². The Labute approximate surface area is 157 Å². The van der Waals surface area contributed by atoms with Gasteiger partial charge >= 0.3 is 0 Å². The maximum Gasteiger partial charge on any atom is 0.234 e. The van der Waals surface area contributed by atoms with Crippen LogP contribution < -0.4 is 14.8 Å². The number of allylic oxidation sites excluding steroid dienone is 1. The molecule has 1 aromatic heterocycles. The number of hydrogen-bond donors (Lipinski definition) is 1. The molecule has 0 saturated carbocycles. The van der Waals surface area contributed by atoms with Gasteiger partial charge in [0.05, 0.1) is 11.4 Å². The summed E-state index contributed by atoms with van der Waals surface area (Å²) in [5.41, 5.74) is 0.638. The molecule has 2 heterocycles. The molecule has 0 radical (unpaired) electrons. The summed E-state index contributed by atoms with van der Waals surface area (Å²) in [5.74, 6) is 2.15. The summed E-state index contributed by atoms with van der Waals surface area (Å²) < 4.78 is 13.7. The van der Waals surface area contributed by atoms with Gasteiger partial charge in [0.2, 0.25) is 5.91 Å². The molecule has 0 bridgehead atoms. The molecule has 0 aliphatic carbocycles. The Morgan fingerprint density at radius 3 is 2.84 bits per heavy atom. The van der Waals surface area contributed by atoms with Crippen LogP contribution >= 0.6 is 27.7 Å². The number of hydrogen-bond acceptors (Lipinski definition) is 6. The van der Waals surface area contributed by atoms with E-state index in [2.05, 4.69) is 38.0 Å². The lowest BCUT2D eigenvalue weighted by Crippen LogP contribution is -2.18. The van der Waals surface area contributed by atoms with Gasteiger partial charge in [-0.3, -0.25) is 4.79 Å². The molecular formula is C16H17BrN4O3S. The normalized spacial score (nSPS) is 12.7. The van der Waals surface area contributed by atoms with Crippen molar-refractivity contribution in [2.24, 2.45) is 0 Å². The Morgan fingerprint density at radius 1 is 1.40 bits per heavy atom. The van der Waals surface area contributed by atoms with Crippen molar-refractivity contribution in [2.45, 2.75) is 18.6 Å². The molecular weight excluding hydrogens is 408 g/mol. The quantitative estimate of drug-likeness (QED) is 0.566. The number of aromatic nitrogens is 3. The van der Waals surface area contributed by atoms with E-state index in [1.54, 1.807) is 18.2 Å². The second kappa shape index (κ2) is 7.92. The number of amides is 1.